The van der Waals surface area contributed by atoms with Crippen LogP contribution in [0.25, 0.3) is 0 Å². The summed E-state index contributed by atoms with van der Waals surface area (Å²) in [7, 11) is 0. The first-order valence-corrected chi connectivity index (χ1v) is 9.67. The highest BCUT2D eigenvalue weighted by Crippen LogP contribution is 2.49. The minimum absolute atomic E-state index is 0.523. The van der Waals surface area contributed by atoms with Crippen LogP contribution in [0, 0.1) is 35.0 Å². The zero-order chi connectivity index (χ0) is 15.0. The second kappa shape index (κ2) is 6.22. The molecule has 3 rings (SSSR count). The minimum Gasteiger partial charge on any atom is -0.314 e. The molecule has 0 aromatic carbocycles. The topological polar surface area (TPSA) is 12.0 Å². The lowest BCUT2D eigenvalue weighted by Crippen LogP contribution is -2.40. The van der Waals surface area contributed by atoms with Crippen molar-refractivity contribution in [3.63, 3.8) is 0 Å². The van der Waals surface area contributed by atoms with E-state index in [-0.39, 0.29) is 0 Å². The van der Waals surface area contributed by atoms with Gasteiger partial charge in [0.25, 0.3) is 0 Å². The van der Waals surface area contributed by atoms with Gasteiger partial charge >= 0.3 is 0 Å². The maximum absolute atomic E-state index is 3.93. The molecule has 1 N–H and O–H groups in total. The fourth-order valence-corrected chi connectivity index (χ4v) is 5.64. The molecule has 3 aliphatic carbocycles. The van der Waals surface area contributed by atoms with Crippen molar-refractivity contribution in [3.8, 4) is 0 Å². The summed E-state index contributed by atoms with van der Waals surface area (Å²) in [5, 5.41) is 3.93. The molecule has 1 nitrogen and oxygen atoms in total. The largest absolute Gasteiger partial charge is 0.314 e. The monoisotopic (exact) mass is 291 g/mol. The van der Waals surface area contributed by atoms with Gasteiger partial charge in [-0.15, -0.1) is 0 Å². The van der Waals surface area contributed by atoms with Gasteiger partial charge < -0.3 is 5.32 Å². The lowest BCUT2D eigenvalue weighted by atomic mass is 9.70. The smallest absolute Gasteiger partial charge is 0.00698 e. The first-order valence-electron chi connectivity index (χ1n) is 9.67. The Morgan fingerprint density at radius 3 is 2.19 bits per heavy atom. The normalized spacial score (nSPS) is 41.4. The molecule has 0 radical (unpaired) electrons. The van der Waals surface area contributed by atoms with E-state index in [4.69, 9.17) is 0 Å². The van der Waals surface area contributed by atoms with Crippen LogP contribution in [0.3, 0.4) is 0 Å². The molecular weight excluding hydrogens is 254 g/mol. The molecule has 3 aliphatic rings. The van der Waals surface area contributed by atoms with Crippen LogP contribution in [0.15, 0.2) is 0 Å². The van der Waals surface area contributed by atoms with Gasteiger partial charge in [0.05, 0.1) is 0 Å². The molecule has 0 aliphatic heterocycles. The van der Waals surface area contributed by atoms with Crippen LogP contribution in [-0.4, -0.2) is 12.6 Å². The Morgan fingerprint density at radius 1 is 0.952 bits per heavy atom. The highest BCUT2D eigenvalue weighted by molar-refractivity contribution is 4.94. The average Bonchev–Trinajstić information content (AvgIpc) is 3.07. The Hall–Kier alpha value is -0.0400. The third-order valence-corrected chi connectivity index (χ3v) is 7.24. The molecule has 21 heavy (non-hydrogen) atoms. The maximum Gasteiger partial charge on any atom is 0.00698 e. The summed E-state index contributed by atoms with van der Waals surface area (Å²) in [6.45, 7) is 11.0. The maximum atomic E-state index is 3.93. The van der Waals surface area contributed by atoms with Crippen molar-refractivity contribution >= 4 is 0 Å². The van der Waals surface area contributed by atoms with Crippen molar-refractivity contribution in [2.45, 2.75) is 85.1 Å². The van der Waals surface area contributed by atoms with Crippen molar-refractivity contribution in [2.75, 3.05) is 6.54 Å². The van der Waals surface area contributed by atoms with E-state index >= 15 is 0 Å². The van der Waals surface area contributed by atoms with Crippen LogP contribution in [0.2, 0.25) is 0 Å². The molecule has 2 bridgehead atoms. The van der Waals surface area contributed by atoms with Gasteiger partial charge in [-0.05, 0) is 93.4 Å². The summed E-state index contributed by atoms with van der Waals surface area (Å²) in [4.78, 5) is 0. The molecule has 0 heterocycles. The Kier molecular flexibility index (Phi) is 4.69. The molecular formula is C20H37N. The zero-order valence-electron chi connectivity index (χ0n) is 14.8. The summed E-state index contributed by atoms with van der Waals surface area (Å²) < 4.78 is 0. The van der Waals surface area contributed by atoms with Crippen LogP contribution in [-0.2, 0) is 0 Å². The molecule has 4 unspecified atom stereocenters. The number of nitrogens with one attached hydrogen (secondary N) is 1. The van der Waals surface area contributed by atoms with Crippen molar-refractivity contribution in [1.29, 1.82) is 0 Å². The minimum atomic E-state index is 0.523. The molecule has 0 saturated heterocycles. The predicted octanol–water partition coefficient (Wildman–Crippen LogP) is 5.25. The first-order chi connectivity index (χ1) is 9.93. The number of hydrogen-bond acceptors (Lipinski definition) is 1. The standard InChI is InChI=1S/C20H37N/c1-14(19-12-16-5-8-17(19)11-16)21-13-15-6-9-18(10-7-15)20(2,3)4/h14-19,21H,5-13H2,1-4H3. The molecule has 4 atom stereocenters. The molecule has 0 spiro atoms. The highest BCUT2D eigenvalue weighted by atomic mass is 14.9. The van der Waals surface area contributed by atoms with E-state index in [1.807, 2.05) is 0 Å². The summed E-state index contributed by atoms with van der Waals surface area (Å²) in [6, 6.07) is 0.764. The predicted molar refractivity (Wildman–Crippen MR) is 91.3 cm³/mol. The zero-order valence-corrected chi connectivity index (χ0v) is 14.8. The lowest BCUT2D eigenvalue weighted by Gasteiger charge is -2.38. The van der Waals surface area contributed by atoms with Crippen molar-refractivity contribution in [3.05, 3.63) is 0 Å². The second-order valence-corrected chi connectivity index (χ2v) is 9.62. The third kappa shape index (κ3) is 3.66. The van der Waals surface area contributed by atoms with Gasteiger partial charge in [-0.25, -0.2) is 0 Å². The SMILES string of the molecule is CC(NCC1CCC(C(C)(C)C)CC1)C1CC2CCC1C2. The van der Waals surface area contributed by atoms with Gasteiger partial charge in [0, 0.05) is 6.04 Å². The summed E-state index contributed by atoms with van der Waals surface area (Å²) in [5.41, 5.74) is 0.523. The molecule has 0 amide bonds. The number of fused-ring (bicyclic) bond motifs is 2. The lowest BCUT2D eigenvalue weighted by molar-refractivity contribution is 0.144. The Balaban J connectivity index is 1.38. The Morgan fingerprint density at radius 2 is 1.67 bits per heavy atom. The van der Waals surface area contributed by atoms with Gasteiger partial charge in [-0.1, -0.05) is 27.2 Å². The van der Waals surface area contributed by atoms with Gasteiger partial charge in [0.15, 0.2) is 0 Å². The molecule has 3 fully saturated rings. The van der Waals surface area contributed by atoms with Gasteiger partial charge in [0.2, 0.25) is 0 Å². The first kappa shape index (κ1) is 15.8. The molecule has 122 valence electrons. The van der Waals surface area contributed by atoms with Crippen molar-refractivity contribution in [1.82, 2.24) is 5.32 Å². The van der Waals surface area contributed by atoms with E-state index in [0.717, 1.165) is 35.6 Å². The van der Waals surface area contributed by atoms with Gasteiger partial charge in [-0.3, -0.25) is 0 Å². The average molecular weight is 292 g/mol. The van der Waals surface area contributed by atoms with Crippen molar-refractivity contribution < 1.29 is 0 Å². The Labute approximate surface area is 132 Å². The van der Waals surface area contributed by atoms with Crippen molar-refractivity contribution in [2.24, 2.45) is 35.0 Å². The number of rotatable bonds is 4. The molecule has 0 aromatic rings. The third-order valence-electron chi connectivity index (χ3n) is 7.24. The van der Waals surface area contributed by atoms with Crippen LogP contribution < -0.4 is 5.32 Å². The quantitative estimate of drug-likeness (QED) is 0.745. The summed E-state index contributed by atoms with van der Waals surface area (Å²) in [6.07, 6.45) is 12.0. The van der Waals surface area contributed by atoms with E-state index in [9.17, 15) is 0 Å². The van der Waals surface area contributed by atoms with Crippen LogP contribution in [0.4, 0.5) is 0 Å². The van der Waals surface area contributed by atoms with Crippen LogP contribution in [0.1, 0.15) is 79.1 Å². The highest BCUT2D eigenvalue weighted by Gasteiger charge is 2.41. The van der Waals surface area contributed by atoms with E-state index in [1.54, 1.807) is 6.42 Å². The molecule has 0 aromatic heterocycles. The van der Waals surface area contributed by atoms with E-state index in [2.05, 4.69) is 33.0 Å². The van der Waals surface area contributed by atoms with Crippen LogP contribution in [0.5, 0.6) is 0 Å². The van der Waals surface area contributed by atoms with E-state index < -0.39 is 0 Å². The number of hydrogen-bond donors (Lipinski definition) is 1. The van der Waals surface area contributed by atoms with Gasteiger partial charge in [0.1, 0.15) is 0 Å². The van der Waals surface area contributed by atoms with Crippen LogP contribution >= 0.6 is 0 Å². The van der Waals surface area contributed by atoms with Gasteiger partial charge in [-0.2, -0.15) is 0 Å². The summed E-state index contributed by atoms with van der Waals surface area (Å²) in [5.74, 6) is 5.05. The molecule has 3 saturated carbocycles. The fraction of sp³-hybridized carbons (Fsp3) is 1.00. The van der Waals surface area contributed by atoms with E-state index in [1.165, 1.54) is 51.5 Å². The Bertz CT molecular complexity index is 334. The fourth-order valence-electron chi connectivity index (χ4n) is 5.64. The molecule has 1 heteroatoms. The van der Waals surface area contributed by atoms with E-state index in [0.29, 0.717) is 5.41 Å². The summed E-state index contributed by atoms with van der Waals surface area (Å²) >= 11 is 0. The second-order valence-electron chi connectivity index (χ2n) is 9.62.